The van der Waals surface area contributed by atoms with Crippen molar-refractivity contribution in [1.82, 2.24) is 0 Å². The molecule has 3 aromatic rings. The first kappa shape index (κ1) is 18.1. The highest BCUT2D eigenvalue weighted by Gasteiger charge is 2.43. The zero-order valence-electron chi connectivity index (χ0n) is 15.8. The van der Waals surface area contributed by atoms with Crippen LogP contribution in [0.4, 0.5) is 5.69 Å². The zero-order valence-corrected chi connectivity index (χ0v) is 15.8. The molecule has 5 heteroatoms. The molecule has 0 bridgehead atoms. The second-order valence-electron chi connectivity index (χ2n) is 7.60. The van der Waals surface area contributed by atoms with Crippen LogP contribution in [0.3, 0.4) is 0 Å². The monoisotopic (exact) mass is 374 g/mol. The third-order valence-corrected chi connectivity index (χ3v) is 5.18. The Labute approximate surface area is 164 Å². The van der Waals surface area contributed by atoms with Crippen LogP contribution in [0.25, 0.3) is 0 Å². The molecule has 5 nitrogen and oxygen atoms in total. The fourth-order valence-corrected chi connectivity index (χ4v) is 3.62. The molecule has 1 aliphatic heterocycles. The average molecular weight is 374 g/mol. The second kappa shape index (κ2) is 7.06. The van der Waals surface area contributed by atoms with Crippen LogP contribution in [-0.2, 0) is 6.42 Å². The maximum absolute atomic E-state index is 11.0. The molecule has 0 unspecified atom stereocenters. The number of rotatable bonds is 4. The first-order valence-corrected chi connectivity index (χ1v) is 9.24. The van der Waals surface area contributed by atoms with Crippen LogP contribution in [0.1, 0.15) is 42.1 Å². The maximum Gasteiger partial charge on any atom is 0.132 e. The highest BCUT2D eigenvalue weighted by Crippen LogP contribution is 2.42. The van der Waals surface area contributed by atoms with Gasteiger partial charge >= 0.3 is 0 Å². The first-order chi connectivity index (χ1) is 13.5. The van der Waals surface area contributed by atoms with E-state index in [1.54, 1.807) is 30.7 Å². The van der Waals surface area contributed by atoms with Crippen LogP contribution in [-0.4, -0.2) is 16.8 Å². The Hall–Kier alpha value is -3.23. The predicted octanol–water partition coefficient (Wildman–Crippen LogP) is 4.43. The Bertz CT molecular complexity index is 1020. The highest BCUT2D eigenvalue weighted by molar-refractivity contribution is 5.57. The first-order valence-electron chi connectivity index (χ1n) is 9.24. The SMILES string of the molecule is CC1(C)Oc2ccc(C#N)cc2[C@H](Nc2ccccc2Cc2ccoc2)[C@H]1O. The number of furan rings is 1. The van der Waals surface area contributed by atoms with Gasteiger partial charge in [0, 0.05) is 17.7 Å². The molecule has 1 aromatic heterocycles. The summed E-state index contributed by atoms with van der Waals surface area (Å²) in [5.41, 5.74) is 3.65. The van der Waals surface area contributed by atoms with E-state index in [1.165, 1.54) is 0 Å². The Balaban J connectivity index is 1.72. The van der Waals surface area contributed by atoms with Crippen molar-refractivity contribution in [3.05, 3.63) is 83.3 Å². The van der Waals surface area contributed by atoms with E-state index in [2.05, 4.69) is 17.5 Å². The number of anilines is 1. The van der Waals surface area contributed by atoms with Gasteiger partial charge < -0.3 is 19.6 Å². The number of hydrogen-bond donors (Lipinski definition) is 2. The number of benzene rings is 2. The molecule has 28 heavy (non-hydrogen) atoms. The summed E-state index contributed by atoms with van der Waals surface area (Å²) in [5, 5.41) is 23.8. The highest BCUT2D eigenvalue weighted by atomic mass is 16.5. The van der Waals surface area contributed by atoms with Crippen LogP contribution in [0.5, 0.6) is 5.75 Å². The number of nitrogens with one attached hydrogen (secondary N) is 1. The van der Waals surface area contributed by atoms with Crippen molar-refractivity contribution in [1.29, 1.82) is 5.26 Å². The molecule has 2 heterocycles. The lowest BCUT2D eigenvalue weighted by molar-refractivity contribution is -0.0532. The molecule has 2 N–H and O–H groups in total. The summed E-state index contributed by atoms with van der Waals surface area (Å²) in [6.07, 6.45) is 3.32. The van der Waals surface area contributed by atoms with E-state index < -0.39 is 17.7 Å². The van der Waals surface area contributed by atoms with Gasteiger partial charge in [-0.15, -0.1) is 0 Å². The van der Waals surface area contributed by atoms with Crippen LogP contribution in [0.2, 0.25) is 0 Å². The third-order valence-electron chi connectivity index (χ3n) is 5.18. The smallest absolute Gasteiger partial charge is 0.132 e. The molecule has 2 atom stereocenters. The van der Waals surface area contributed by atoms with Crippen LogP contribution in [0.15, 0.2) is 65.5 Å². The number of aliphatic hydroxyl groups excluding tert-OH is 1. The van der Waals surface area contributed by atoms with Crippen LogP contribution < -0.4 is 10.1 Å². The Kier molecular flexibility index (Phi) is 4.58. The number of ether oxygens (including phenoxy) is 1. The number of nitrogens with zero attached hydrogens (tertiary/aromatic N) is 1. The largest absolute Gasteiger partial charge is 0.485 e. The van der Waals surface area contributed by atoms with Gasteiger partial charge in [-0.2, -0.15) is 5.26 Å². The number of fused-ring (bicyclic) bond motifs is 1. The molecule has 0 saturated carbocycles. The molecule has 4 rings (SSSR count). The lowest BCUT2D eigenvalue weighted by Gasteiger charge is -2.43. The lowest BCUT2D eigenvalue weighted by atomic mass is 9.85. The summed E-state index contributed by atoms with van der Waals surface area (Å²) in [4.78, 5) is 0. The van der Waals surface area contributed by atoms with E-state index in [9.17, 15) is 10.4 Å². The summed E-state index contributed by atoms with van der Waals surface area (Å²) in [6, 6.07) is 17.0. The van der Waals surface area contributed by atoms with Gasteiger partial charge in [-0.05, 0) is 55.3 Å². The average Bonchev–Trinajstić information content (AvgIpc) is 3.19. The summed E-state index contributed by atoms with van der Waals surface area (Å²) in [5.74, 6) is 0.680. The molecule has 142 valence electrons. The summed E-state index contributed by atoms with van der Waals surface area (Å²) < 4.78 is 11.2. The molecule has 0 radical (unpaired) electrons. The van der Waals surface area contributed by atoms with Crippen molar-refractivity contribution < 1.29 is 14.3 Å². The van der Waals surface area contributed by atoms with Crippen molar-refractivity contribution >= 4 is 5.69 Å². The van der Waals surface area contributed by atoms with E-state index in [0.717, 1.165) is 22.4 Å². The topological polar surface area (TPSA) is 78.4 Å². The second-order valence-corrected chi connectivity index (χ2v) is 7.60. The number of aliphatic hydroxyl groups is 1. The molecule has 0 amide bonds. The van der Waals surface area contributed by atoms with Gasteiger partial charge in [-0.25, -0.2) is 0 Å². The Morgan fingerprint density at radius 1 is 1.18 bits per heavy atom. The number of para-hydroxylation sites is 1. The van der Waals surface area contributed by atoms with Gasteiger partial charge in [0.15, 0.2) is 0 Å². The van der Waals surface area contributed by atoms with Crippen molar-refractivity contribution in [2.24, 2.45) is 0 Å². The lowest BCUT2D eigenvalue weighted by Crippen LogP contribution is -2.50. The van der Waals surface area contributed by atoms with Crippen molar-refractivity contribution in [2.75, 3.05) is 5.32 Å². The molecule has 2 aromatic carbocycles. The minimum absolute atomic E-state index is 0.405. The van der Waals surface area contributed by atoms with E-state index in [4.69, 9.17) is 9.15 Å². The molecular formula is C23H22N2O3. The molecule has 0 saturated heterocycles. The van der Waals surface area contributed by atoms with E-state index in [1.807, 2.05) is 38.1 Å². The van der Waals surface area contributed by atoms with Gasteiger partial charge in [0.1, 0.15) is 17.5 Å². The molecule has 0 aliphatic carbocycles. The predicted molar refractivity (Wildman–Crippen MR) is 106 cm³/mol. The van der Waals surface area contributed by atoms with Gasteiger partial charge in [0.2, 0.25) is 0 Å². The van der Waals surface area contributed by atoms with E-state index in [-0.39, 0.29) is 0 Å². The number of hydrogen-bond acceptors (Lipinski definition) is 5. The minimum Gasteiger partial charge on any atom is -0.485 e. The Morgan fingerprint density at radius 2 is 2.00 bits per heavy atom. The van der Waals surface area contributed by atoms with Crippen LogP contribution >= 0.6 is 0 Å². The minimum atomic E-state index is -0.795. The van der Waals surface area contributed by atoms with Gasteiger partial charge in [-0.3, -0.25) is 0 Å². The molecular weight excluding hydrogens is 352 g/mol. The molecule has 1 aliphatic rings. The summed E-state index contributed by atoms with van der Waals surface area (Å²) >= 11 is 0. The molecule has 0 spiro atoms. The van der Waals surface area contributed by atoms with Crippen molar-refractivity contribution in [2.45, 2.75) is 38.0 Å². The Morgan fingerprint density at radius 3 is 2.75 bits per heavy atom. The zero-order chi connectivity index (χ0) is 19.7. The van der Waals surface area contributed by atoms with Crippen molar-refractivity contribution in [3.63, 3.8) is 0 Å². The fourth-order valence-electron chi connectivity index (χ4n) is 3.62. The van der Waals surface area contributed by atoms with Gasteiger partial charge in [-0.1, -0.05) is 18.2 Å². The quantitative estimate of drug-likeness (QED) is 0.706. The van der Waals surface area contributed by atoms with E-state index in [0.29, 0.717) is 17.7 Å². The van der Waals surface area contributed by atoms with Crippen LogP contribution in [0, 0.1) is 11.3 Å². The maximum atomic E-state index is 11.0. The fraction of sp³-hybridized carbons (Fsp3) is 0.261. The third kappa shape index (κ3) is 3.35. The number of nitriles is 1. The standard InChI is InChI=1S/C23H22N2O3/c1-23(2)22(26)21(18-12-15(13-24)7-8-20(18)28-23)25-19-6-4-3-5-17(19)11-16-9-10-27-14-16/h3-10,12,14,21-22,25-26H,11H2,1-2H3/t21-,22+/m0/s1. The summed E-state index contributed by atoms with van der Waals surface area (Å²) in [7, 11) is 0. The summed E-state index contributed by atoms with van der Waals surface area (Å²) in [6.45, 7) is 3.73. The van der Waals surface area contributed by atoms with Crippen molar-refractivity contribution in [3.8, 4) is 11.8 Å². The van der Waals surface area contributed by atoms with Gasteiger partial charge in [0.05, 0.1) is 30.2 Å². The normalized spacial score (nSPS) is 19.9. The van der Waals surface area contributed by atoms with E-state index >= 15 is 0 Å². The van der Waals surface area contributed by atoms with Gasteiger partial charge in [0.25, 0.3) is 0 Å². The molecule has 0 fully saturated rings.